The van der Waals surface area contributed by atoms with Crippen molar-refractivity contribution >= 4 is 51.2 Å². The van der Waals surface area contributed by atoms with Crippen molar-refractivity contribution in [3.8, 4) is 0 Å². The van der Waals surface area contributed by atoms with Crippen LogP contribution in [0.15, 0.2) is 60.7 Å². The maximum Gasteiger partial charge on any atom is 0.331 e. The standard InChI is InChI=1S/C20H16N6O2S/c21-19-24-16(25-20(26-19)22-13-6-2-1-3-7-13)12-28-18(27)11-10-17-23-14-8-4-5-9-15(14)29-17/h1-11H,12H2,(H3,21,22,24,25,26)/b11-10+. The number of nitrogens with two attached hydrogens (primary N) is 1. The molecule has 0 radical (unpaired) electrons. The third-order valence-corrected chi connectivity index (χ3v) is 4.75. The van der Waals surface area contributed by atoms with Crippen molar-refractivity contribution in [2.75, 3.05) is 11.1 Å². The summed E-state index contributed by atoms with van der Waals surface area (Å²) in [6, 6.07) is 17.2. The number of esters is 1. The number of ether oxygens (including phenoxy) is 1. The van der Waals surface area contributed by atoms with Crippen molar-refractivity contribution in [2.24, 2.45) is 0 Å². The van der Waals surface area contributed by atoms with Crippen molar-refractivity contribution in [1.82, 2.24) is 19.9 Å². The van der Waals surface area contributed by atoms with Crippen LogP contribution in [0.3, 0.4) is 0 Å². The largest absolute Gasteiger partial charge is 0.454 e. The number of aromatic nitrogens is 4. The van der Waals surface area contributed by atoms with Crippen LogP contribution in [0.4, 0.5) is 17.6 Å². The van der Waals surface area contributed by atoms with E-state index in [1.54, 1.807) is 6.08 Å². The average molecular weight is 404 g/mol. The predicted molar refractivity (Wildman–Crippen MR) is 112 cm³/mol. The summed E-state index contributed by atoms with van der Waals surface area (Å²) in [5.74, 6) is 0.0349. The molecule has 8 nitrogen and oxygen atoms in total. The molecule has 9 heteroatoms. The number of nitrogen functional groups attached to an aromatic ring is 1. The fraction of sp³-hybridized carbons (Fsp3) is 0.0500. The molecule has 0 aliphatic heterocycles. The van der Waals surface area contributed by atoms with Gasteiger partial charge in [0.25, 0.3) is 0 Å². The molecule has 0 bridgehead atoms. The quantitative estimate of drug-likeness (QED) is 0.370. The fourth-order valence-corrected chi connectivity index (χ4v) is 3.36. The van der Waals surface area contributed by atoms with Crippen molar-refractivity contribution in [3.63, 3.8) is 0 Å². The van der Waals surface area contributed by atoms with Gasteiger partial charge in [-0.05, 0) is 30.3 Å². The minimum atomic E-state index is -0.527. The summed E-state index contributed by atoms with van der Waals surface area (Å²) in [5.41, 5.74) is 7.43. The van der Waals surface area contributed by atoms with Crippen molar-refractivity contribution in [3.05, 3.63) is 71.5 Å². The molecule has 3 N–H and O–H groups in total. The number of carbonyl (C=O) groups excluding carboxylic acids is 1. The maximum absolute atomic E-state index is 12.0. The molecule has 0 unspecified atom stereocenters. The van der Waals surface area contributed by atoms with E-state index in [2.05, 4.69) is 25.3 Å². The van der Waals surface area contributed by atoms with Crippen molar-refractivity contribution in [1.29, 1.82) is 0 Å². The van der Waals surface area contributed by atoms with Crippen LogP contribution in [0, 0.1) is 0 Å². The number of nitrogens with one attached hydrogen (secondary N) is 1. The zero-order valence-electron chi connectivity index (χ0n) is 15.1. The summed E-state index contributed by atoms with van der Waals surface area (Å²) in [4.78, 5) is 28.7. The highest BCUT2D eigenvalue weighted by Gasteiger charge is 2.08. The fourth-order valence-electron chi connectivity index (χ4n) is 2.49. The van der Waals surface area contributed by atoms with E-state index in [1.165, 1.54) is 17.4 Å². The Balaban J connectivity index is 1.38. The van der Waals surface area contributed by atoms with Gasteiger partial charge in [0.1, 0.15) is 5.01 Å². The third kappa shape index (κ3) is 4.90. The van der Waals surface area contributed by atoms with Crippen LogP contribution >= 0.6 is 11.3 Å². The second-order valence-electron chi connectivity index (χ2n) is 5.89. The Morgan fingerprint density at radius 2 is 1.83 bits per heavy atom. The summed E-state index contributed by atoms with van der Waals surface area (Å²) in [5, 5.41) is 3.75. The lowest BCUT2D eigenvalue weighted by atomic mass is 10.3. The van der Waals surface area contributed by atoms with E-state index < -0.39 is 5.97 Å². The van der Waals surface area contributed by atoms with Crippen LogP contribution in [0.2, 0.25) is 0 Å². The first kappa shape index (κ1) is 18.5. The van der Waals surface area contributed by atoms with Gasteiger partial charge in [0.05, 0.1) is 10.2 Å². The van der Waals surface area contributed by atoms with Gasteiger partial charge >= 0.3 is 5.97 Å². The highest BCUT2D eigenvalue weighted by Crippen LogP contribution is 2.22. The number of carbonyl (C=O) groups is 1. The van der Waals surface area contributed by atoms with Gasteiger partial charge < -0.3 is 15.8 Å². The molecular formula is C20H16N6O2S. The second kappa shape index (κ2) is 8.44. The van der Waals surface area contributed by atoms with Gasteiger partial charge in [-0.25, -0.2) is 9.78 Å². The lowest BCUT2D eigenvalue weighted by molar-refractivity contribution is -0.139. The first-order chi connectivity index (χ1) is 14.2. The highest BCUT2D eigenvalue weighted by molar-refractivity contribution is 7.19. The summed E-state index contributed by atoms with van der Waals surface area (Å²) < 4.78 is 6.25. The predicted octanol–water partition coefficient (Wildman–Crippen LogP) is 3.56. The van der Waals surface area contributed by atoms with E-state index in [0.29, 0.717) is 0 Å². The monoisotopic (exact) mass is 404 g/mol. The molecule has 0 fully saturated rings. The number of rotatable bonds is 6. The number of hydrogen-bond donors (Lipinski definition) is 2. The molecule has 0 saturated heterocycles. The van der Waals surface area contributed by atoms with Crippen LogP contribution in [0.25, 0.3) is 16.3 Å². The van der Waals surface area contributed by atoms with Gasteiger partial charge in [-0.2, -0.15) is 15.0 Å². The molecule has 29 heavy (non-hydrogen) atoms. The zero-order chi connectivity index (χ0) is 20.1. The highest BCUT2D eigenvalue weighted by atomic mass is 32.1. The molecule has 0 spiro atoms. The number of anilines is 3. The molecule has 0 aliphatic rings. The lowest BCUT2D eigenvalue weighted by Crippen LogP contribution is -2.10. The maximum atomic E-state index is 12.0. The van der Waals surface area contributed by atoms with E-state index in [4.69, 9.17) is 10.5 Å². The first-order valence-corrected chi connectivity index (χ1v) is 9.50. The Hall–Kier alpha value is -3.85. The summed E-state index contributed by atoms with van der Waals surface area (Å²) in [6.45, 7) is -0.126. The van der Waals surface area contributed by atoms with E-state index in [1.807, 2.05) is 54.6 Å². The van der Waals surface area contributed by atoms with Gasteiger partial charge in [-0.15, -0.1) is 11.3 Å². The van der Waals surface area contributed by atoms with Crippen LogP contribution < -0.4 is 11.1 Å². The van der Waals surface area contributed by atoms with Gasteiger partial charge in [0, 0.05) is 11.8 Å². The SMILES string of the molecule is Nc1nc(COC(=O)/C=C/c2nc3ccccc3s2)nc(Nc2ccccc2)n1. The Bertz CT molecular complexity index is 1140. The van der Waals surface area contributed by atoms with Crippen LogP contribution in [0.5, 0.6) is 0 Å². The Kier molecular flexibility index (Phi) is 5.39. The Morgan fingerprint density at radius 3 is 2.66 bits per heavy atom. The molecule has 2 heterocycles. The van der Waals surface area contributed by atoms with E-state index >= 15 is 0 Å². The smallest absolute Gasteiger partial charge is 0.331 e. The van der Waals surface area contributed by atoms with Crippen LogP contribution in [-0.2, 0) is 16.1 Å². The molecule has 0 saturated carbocycles. The zero-order valence-corrected chi connectivity index (χ0v) is 16.0. The van der Waals surface area contributed by atoms with E-state index in [0.717, 1.165) is 20.9 Å². The van der Waals surface area contributed by atoms with Crippen molar-refractivity contribution < 1.29 is 9.53 Å². The number of fused-ring (bicyclic) bond motifs is 1. The number of nitrogens with zero attached hydrogens (tertiary/aromatic N) is 4. The molecular weight excluding hydrogens is 388 g/mol. The molecule has 2 aromatic carbocycles. The first-order valence-electron chi connectivity index (χ1n) is 8.68. The third-order valence-electron chi connectivity index (χ3n) is 3.74. The second-order valence-corrected chi connectivity index (χ2v) is 6.95. The van der Waals surface area contributed by atoms with E-state index in [9.17, 15) is 4.79 Å². The molecule has 144 valence electrons. The molecule has 0 atom stereocenters. The Labute approximate surface area is 170 Å². The summed E-state index contributed by atoms with van der Waals surface area (Å²) in [7, 11) is 0. The summed E-state index contributed by atoms with van der Waals surface area (Å²) >= 11 is 1.50. The topological polar surface area (TPSA) is 116 Å². The number of benzene rings is 2. The van der Waals surface area contributed by atoms with Gasteiger partial charge in [-0.1, -0.05) is 30.3 Å². The summed E-state index contributed by atoms with van der Waals surface area (Å²) in [6.07, 6.45) is 2.95. The molecule has 2 aromatic heterocycles. The van der Waals surface area contributed by atoms with Crippen LogP contribution in [-0.4, -0.2) is 25.9 Å². The van der Waals surface area contributed by atoms with Gasteiger partial charge in [0.15, 0.2) is 12.4 Å². The Morgan fingerprint density at radius 1 is 1.03 bits per heavy atom. The van der Waals surface area contributed by atoms with Gasteiger partial charge in [0.2, 0.25) is 11.9 Å². The molecule has 0 amide bonds. The number of thiazole rings is 1. The molecule has 4 aromatic rings. The van der Waals surface area contributed by atoms with E-state index in [-0.39, 0.29) is 24.3 Å². The minimum Gasteiger partial charge on any atom is -0.454 e. The molecule has 0 aliphatic carbocycles. The average Bonchev–Trinajstić information content (AvgIpc) is 3.14. The van der Waals surface area contributed by atoms with Gasteiger partial charge in [-0.3, -0.25) is 0 Å². The van der Waals surface area contributed by atoms with Crippen molar-refractivity contribution in [2.45, 2.75) is 6.61 Å². The number of hydrogen-bond acceptors (Lipinski definition) is 9. The van der Waals surface area contributed by atoms with Crippen LogP contribution in [0.1, 0.15) is 10.8 Å². The molecule has 4 rings (SSSR count). The minimum absolute atomic E-state index is 0.0366. The number of para-hydroxylation sites is 2. The normalized spacial score (nSPS) is 11.0. The lowest BCUT2D eigenvalue weighted by Gasteiger charge is -2.07.